The summed E-state index contributed by atoms with van der Waals surface area (Å²) >= 11 is 1.55. The maximum atomic E-state index is 13.1. The average molecular weight is 432 g/mol. The molecule has 31 heavy (non-hydrogen) atoms. The van der Waals surface area contributed by atoms with Crippen molar-refractivity contribution in [2.45, 2.75) is 0 Å². The lowest BCUT2D eigenvalue weighted by atomic mass is 10.2. The Bertz CT molecular complexity index is 1150. The summed E-state index contributed by atoms with van der Waals surface area (Å²) in [6.07, 6.45) is 3.55. The van der Waals surface area contributed by atoms with Crippen LogP contribution in [0, 0.1) is 0 Å². The third-order valence-electron chi connectivity index (χ3n) is 5.10. The Hall–Kier alpha value is -3.49. The topological polar surface area (TPSA) is 72.3 Å². The van der Waals surface area contributed by atoms with Gasteiger partial charge < -0.3 is 15.0 Å². The number of hydrogen-bond acceptors (Lipinski definition) is 6. The van der Waals surface area contributed by atoms with E-state index >= 15 is 0 Å². The summed E-state index contributed by atoms with van der Waals surface area (Å²) in [6, 6.07) is 17.5. The SMILES string of the molecule is O=C(Nc1ccc(N2CCOCC2)cn1)c1cn(-c2ccccc2)nc1-c1cccs1. The molecule has 1 saturated heterocycles. The molecule has 4 aromatic rings. The minimum atomic E-state index is -0.239. The second-order valence-electron chi connectivity index (χ2n) is 7.10. The van der Waals surface area contributed by atoms with Gasteiger partial charge in [0.25, 0.3) is 5.91 Å². The zero-order valence-corrected chi connectivity index (χ0v) is 17.6. The second kappa shape index (κ2) is 8.71. The molecule has 1 N–H and O–H groups in total. The number of para-hydroxylation sites is 1. The number of amides is 1. The summed E-state index contributed by atoms with van der Waals surface area (Å²) in [5.74, 6) is 0.267. The number of benzene rings is 1. The van der Waals surface area contributed by atoms with Crippen LogP contribution in [0.3, 0.4) is 0 Å². The highest BCUT2D eigenvalue weighted by atomic mass is 32.1. The van der Waals surface area contributed by atoms with Crippen molar-refractivity contribution in [1.29, 1.82) is 0 Å². The van der Waals surface area contributed by atoms with Crippen molar-refractivity contribution >= 4 is 28.7 Å². The van der Waals surface area contributed by atoms with Crippen molar-refractivity contribution in [3.8, 4) is 16.3 Å². The minimum Gasteiger partial charge on any atom is -0.378 e. The fourth-order valence-corrected chi connectivity index (χ4v) is 4.22. The number of pyridine rings is 1. The predicted molar refractivity (Wildman–Crippen MR) is 122 cm³/mol. The normalized spacial score (nSPS) is 13.9. The number of carbonyl (C=O) groups excluding carboxylic acids is 1. The number of hydrogen-bond donors (Lipinski definition) is 1. The van der Waals surface area contributed by atoms with Gasteiger partial charge in [-0.25, -0.2) is 9.67 Å². The number of aromatic nitrogens is 3. The summed E-state index contributed by atoms with van der Waals surface area (Å²) in [6.45, 7) is 3.12. The predicted octanol–water partition coefficient (Wildman–Crippen LogP) is 4.08. The lowest BCUT2D eigenvalue weighted by Gasteiger charge is -2.28. The number of thiophene rings is 1. The molecular formula is C23H21N5O2S. The third-order valence-corrected chi connectivity index (χ3v) is 5.98. The van der Waals surface area contributed by atoms with Crippen LogP contribution in [0.25, 0.3) is 16.3 Å². The van der Waals surface area contributed by atoms with Gasteiger partial charge in [-0.1, -0.05) is 24.3 Å². The Morgan fingerprint density at radius 2 is 1.84 bits per heavy atom. The van der Waals surface area contributed by atoms with Crippen LogP contribution < -0.4 is 10.2 Å². The smallest absolute Gasteiger partial charge is 0.260 e. The summed E-state index contributed by atoms with van der Waals surface area (Å²) in [5.41, 5.74) is 3.08. The monoisotopic (exact) mass is 431 g/mol. The number of carbonyl (C=O) groups is 1. The molecule has 3 aromatic heterocycles. The molecule has 1 fully saturated rings. The van der Waals surface area contributed by atoms with Gasteiger partial charge >= 0.3 is 0 Å². The average Bonchev–Trinajstić information content (AvgIpc) is 3.51. The van der Waals surface area contributed by atoms with Crippen LogP contribution in [0.1, 0.15) is 10.4 Å². The Kier molecular flexibility index (Phi) is 5.47. The van der Waals surface area contributed by atoms with Crippen molar-refractivity contribution in [3.63, 3.8) is 0 Å². The third kappa shape index (κ3) is 4.21. The molecule has 0 aliphatic carbocycles. The Morgan fingerprint density at radius 3 is 2.55 bits per heavy atom. The molecule has 0 saturated carbocycles. The van der Waals surface area contributed by atoms with Crippen LogP contribution in [-0.4, -0.2) is 47.0 Å². The van der Waals surface area contributed by atoms with Crippen molar-refractivity contribution in [1.82, 2.24) is 14.8 Å². The van der Waals surface area contributed by atoms with Gasteiger partial charge in [-0.2, -0.15) is 5.10 Å². The minimum absolute atomic E-state index is 0.239. The molecule has 0 atom stereocenters. The van der Waals surface area contributed by atoms with Crippen molar-refractivity contribution < 1.29 is 9.53 Å². The molecule has 0 radical (unpaired) electrons. The first-order chi connectivity index (χ1) is 15.3. The molecule has 1 aliphatic heterocycles. The zero-order chi connectivity index (χ0) is 21.0. The van der Waals surface area contributed by atoms with Gasteiger partial charge in [0.05, 0.1) is 41.2 Å². The molecule has 0 unspecified atom stereocenters. The van der Waals surface area contributed by atoms with Gasteiger partial charge in [-0.15, -0.1) is 11.3 Å². The van der Waals surface area contributed by atoms with E-state index < -0.39 is 0 Å². The number of nitrogens with zero attached hydrogens (tertiary/aromatic N) is 4. The molecule has 0 bridgehead atoms. The second-order valence-corrected chi connectivity index (χ2v) is 8.05. The van der Waals surface area contributed by atoms with Gasteiger partial charge in [0.15, 0.2) is 0 Å². The van der Waals surface area contributed by atoms with E-state index in [1.165, 1.54) is 0 Å². The quantitative estimate of drug-likeness (QED) is 0.515. The summed E-state index contributed by atoms with van der Waals surface area (Å²) in [5, 5.41) is 9.58. The van der Waals surface area contributed by atoms with Crippen LogP contribution in [0.15, 0.2) is 72.4 Å². The fraction of sp³-hybridized carbons (Fsp3) is 0.174. The Balaban J connectivity index is 1.40. The number of rotatable bonds is 5. The van der Waals surface area contributed by atoms with E-state index in [2.05, 4.69) is 20.3 Å². The van der Waals surface area contributed by atoms with E-state index in [9.17, 15) is 4.79 Å². The van der Waals surface area contributed by atoms with Crippen LogP contribution in [-0.2, 0) is 4.74 Å². The molecule has 1 amide bonds. The molecule has 1 aliphatic rings. The van der Waals surface area contributed by atoms with Gasteiger partial charge in [-0.3, -0.25) is 4.79 Å². The van der Waals surface area contributed by atoms with Crippen molar-refractivity contribution in [2.24, 2.45) is 0 Å². The van der Waals surface area contributed by atoms with Crippen LogP contribution in [0.4, 0.5) is 11.5 Å². The summed E-state index contributed by atoms with van der Waals surface area (Å²) < 4.78 is 7.13. The van der Waals surface area contributed by atoms with Gasteiger partial charge in [0.2, 0.25) is 0 Å². The van der Waals surface area contributed by atoms with Gasteiger partial charge in [0.1, 0.15) is 11.5 Å². The van der Waals surface area contributed by atoms with E-state index in [4.69, 9.17) is 4.74 Å². The highest BCUT2D eigenvalue weighted by molar-refractivity contribution is 7.13. The molecule has 1 aromatic carbocycles. The lowest BCUT2D eigenvalue weighted by molar-refractivity contribution is 0.102. The summed E-state index contributed by atoms with van der Waals surface area (Å²) in [4.78, 5) is 20.7. The molecule has 4 heterocycles. The number of anilines is 2. The van der Waals surface area contributed by atoms with Gasteiger partial charge in [0, 0.05) is 19.3 Å². The zero-order valence-electron chi connectivity index (χ0n) is 16.8. The molecule has 5 rings (SSSR count). The van der Waals surface area contributed by atoms with E-state index in [1.807, 2.05) is 60.0 Å². The molecule has 156 valence electrons. The van der Waals surface area contributed by atoms with Crippen molar-refractivity contribution in [2.75, 3.05) is 36.5 Å². The van der Waals surface area contributed by atoms with E-state index in [0.717, 1.165) is 42.6 Å². The van der Waals surface area contributed by atoms with Gasteiger partial charge in [-0.05, 0) is 35.7 Å². The van der Waals surface area contributed by atoms with Crippen molar-refractivity contribution in [3.05, 3.63) is 77.9 Å². The fourth-order valence-electron chi connectivity index (χ4n) is 3.50. The Morgan fingerprint density at radius 1 is 1.00 bits per heavy atom. The van der Waals surface area contributed by atoms with Crippen LogP contribution in [0.5, 0.6) is 0 Å². The highest BCUT2D eigenvalue weighted by Crippen LogP contribution is 2.28. The van der Waals surface area contributed by atoms with E-state index in [-0.39, 0.29) is 5.91 Å². The molecular weight excluding hydrogens is 410 g/mol. The molecule has 0 spiro atoms. The number of morpholine rings is 1. The lowest BCUT2D eigenvalue weighted by Crippen LogP contribution is -2.36. The number of nitrogens with one attached hydrogen (secondary N) is 1. The summed E-state index contributed by atoms with van der Waals surface area (Å²) in [7, 11) is 0. The van der Waals surface area contributed by atoms with E-state index in [1.54, 1.807) is 28.4 Å². The molecule has 7 nitrogen and oxygen atoms in total. The standard InChI is InChI=1S/C23H21N5O2S/c29-23(25-21-9-8-18(15-24-21)27-10-12-30-13-11-27)19-16-28(17-5-2-1-3-6-17)26-22(19)20-7-4-14-31-20/h1-9,14-16H,10-13H2,(H,24,25,29). The van der Waals surface area contributed by atoms with Crippen LogP contribution in [0.2, 0.25) is 0 Å². The first-order valence-electron chi connectivity index (χ1n) is 10.1. The first-order valence-corrected chi connectivity index (χ1v) is 10.9. The Labute approximate surface area is 183 Å². The first kappa shape index (κ1) is 19.5. The maximum Gasteiger partial charge on any atom is 0.260 e. The largest absolute Gasteiger partial charge is 0.378 e. The van der Waals surface area contributed by atoms with Crippen LogP contribution >= 0.6 is 11.3 Å². The maximum absolute atomic E-state index is 13.1. The number of ether oxygens (including phenoxy) is 1. The highest BCUT2D eigenvalue weighted by Gasteiger charge is 2.20. The molecule has 8 heteroatoms. The van der Waals surface area contributed by atoms with E-state index in [0.29, 0.717) is 17.1 Å².